The monoisotopic (exact) mass is 266 g/mol. The van der Waals surface area contributed by atoms with E-state index < -0.39 is 16.3 Å². The van der Waals surface area contributed by atoms with Crippen LogP contribution >= 0.6 is 0 Å². The summed E-state index contributed by atoms with van der Waals surface area (Å²) in [5.74, 6) is -0.0991. The number of carbonyl (C=O) groups is 1. The maximum atomic E-state index is 11.5. The van der Waals surface area contributed by atoms with Crippen molar-refractivity contribution in [3.63, 3.8) is 0 Å². The molecule has 7 nitrogen and oxygen atoms in total. The molecule has 0 aromatic rings. The van der Waals surface area contributed by atoms with E-state index in [1.807, 2.05) is 0 Å². The van der Waals surface area contributed by atoms with Crippen LogP contribution in [-0.2, 0) is 14.9 Å². The Morgan fingerprint density at radius 3 is 2.65 bits per heavy atom. The molecule has 0 bridgehead atoms. The lowest BCUT2D eigenvalue weighted by Gasteiger charge is -2.30. The summed E-state index contributed by atoms with van der Waals surface area (Å²) in [6, 6.07) is -0.337. The maximum Gasteiger partial charge on any atom is 0.421 e. The minimum Gasteiger partial charge on any atom is -0.452 e. The molecule has 0 aliphatic heterocycles. The largest absolute Gasteiger partial charge is 0.452 e. The molecule has 2 unspecified atom stereocenters. The van der Waals surface area contributed by atoms with Gasteiger partial charge in [-0.15, -0.1) is 0 Å². The number of methoxy groups -OCH3 is 1. The van der Waals surface area contributed by atoms with E-state index in [-0.39, 0.29) is 18.6 Å². The van der Waals surface area contributed by atoms with Crippen molar-refractivity contribution in [3.8, 4) is 0 Å². The summed E-state index contributed by atoms with van der Waals surface area (Å²) in [4.78, 5) is 10.8. The Kier molecular flexibility index (Phi) is 5.16. The maximum absolute atomic E-state index is 11.5. The van der Waals surface area contributed by atoms with Gasteiger partial charge in [0.1, 0.15) is 0 Å². The Labute approximate surface area is 101 Å². The van der Waals surface area contributed by atoms with Crippen molar-refractivity contribution in [2.75, 3.05) is 13.7 Å². The van der Waals surface area contributed by atoms with Crippen LogP contribution in [0.5, 0.6) is 0 Å². The lowest BCUT2D eigenvalue weighted by molar-refractivity contribution is 0.163. The second-order valence-electron chi connectivity index (χ2n) is 4.05. The Hall–Kier alpha value is -0.860. The molecule has 2 atom stereocenters. The molecule has 1 aliphatic carbocycles. The SMILES string of the molecule is COC(=O)NS(=O)(=O)NC1CCCCC1CO. The number of amides is 1. The van der Waals surface area contributed by atoms with Crippen LogP contribution in [0.15, 0.2) is 0 Å². The smallest absolute Gasteiger partial charge is 0.421 e. The van der Waals surface area contributed by atoms with E-state index in [1.165, 1.54) is 0 Å². The number of rotatable bonds is 4. The van der Waals surface area contributed by atoms with Crippen LogP contribution in [-0.4, -0.2) is 39.4 Å². The van der Waals surface area contributed by atoms with Crippen molar-refractivity contribution in [2.45, 2.75) is 31.7 Å². The summed E-state index contributed by atoms with van der Waals surface area (Å²) in [7, 11) is -2.84. The number of hydrogen-bond donors (Lipinski definition) is 3. The van der Waals surface area contributed by atoms with E-state index in [0.29, 0.717) is 6.42 Å². The molecule has 0 aromatic heterocycles. The molecule has 0 heterocycles. The van der Waals surface area contributed by atoms with Gasteiger partial charge in [-0.3, -0.25) is 0 Å². The summed E-state index contributed by atoms with van der Waals surface area (Å²) in [5.41, 5.74) is 0. The molecular formula is C9H18N2O5S. The molecule has 8 heteroatoms. The first-order chi connectivity index (χ1) is 7.98. The molecule has 0 radical (unpaired) electrons. The van der Waals surface area contributed by atoms with Crippen LogP contribution in [0.2, 0.25) is 0 Å². The third kappa shape index (κ3) is 4.49. The zero-order chi connectivity index (χ0) is 12.9. The summed E-state index contributed by atoms with van der Waals surface area (Å²) >= 11 is 0. The molecule has 1 amide bonds. The lowest BCUT2D eigenvalue weighted by Crippen LogP contribution is -2.49. The highest BCUT2D eigenvalue weighted by Gasteiger charge is 2.29. The highest BCUT2D eigenvalue weighted by Crippen LogP contribution is 2.24. The van der Waals surface area contributed by atoms with E-state index in [9.17, 15) is 13.2 Å². The molecule has 1 aliphatic rings. The number of nitrogens with one attached hydrogen (secondary N) is 2. The number of aliphatic hydroxyl groups is 1. The van der Waals surface area contributed by atoms with Crippen molar-refractivity contribution in [1.29, 1.82) is 0 Å². The second kappa shape index (κ2) is 6.18. The third-order valence-corrected chi connectivity index (χ3v) is 3.90. The zero-order valence-electron chi connectivity index (χ0n) is 9.68. The normalized spacial score (nSPS) is 25.3. The van der Waals surface area contributed by atoms with E-state index in [1.54, 1.807) is 4.72 Å². The molecule has 100 valence electrons. The van der Waals surface area contributed by atoms with E-state index >= 15 is 0 Å². The minimum atomic E-state index is -3.92. The van der Waals surface area contributed by atoms with Gasteiger partial charge in [-0.1, -0.05) is 12.8 Å². The summed E-state index contributed by atoms with van der Waals surface area (Å²) in [6.45, 7) is -0.0641. The van der Waals surface area contributed by atoms with Gasteiger partial charge in [-0.25, -0.2) is 9.52 Å². The molecule has 1 rings (SSSR count). The first kappa shape index (κ1) is 14.2. The second-order valence-corrected chi connectivity index (χ2v) is 5.50. The fraction of sp³-hybridized carbons (Fsp3) is 0.889. The summed E-state index contributed by atoms with van der Waals surface area (Å²) in [5, 5.41) is 9.14. The Morgan fingerprint density at radius 2 is 2.06 bits per heavy atom. The average Bonchev–Trinajstić information content (AvgIpc) is 2.28. The molecule has 0 saturated heterocycles. The van der Waals surface area contributed by atoms with E-state index in [0.717, 1.165) is 26.4 Å². The highest BCUT2D eigenvalue weighted by atomic mass is 32.2. The van der Waals surface area contributed by atoms with E-state index in [4.69, 9.17) is 5.11 Å². The van der Waals surface area contributed by atoms with Gasteiger partial charge in [0.2, 0.25) is 0 Å². The van der Waals surface area contributed by atoms with Crippen LogP contribution in [0, 0.1) is 5.92 Å². The van der Waals surface area contributed by atoms with Gasteiger partial charge >= 0.3 is 16.3 Å². The van der Waals surface area contributed by atoms with Crippen molar-refractivity contribution in [2.24, 2.45) is 5.92 Å². The van der Waals surface area contributed by atoms with Crippen LogP contribution < -0.4 is 9.44 Å². The topological polar surface area (TPSA) is 105 Å². The minimum absolute atomic E-state index is 0.0641. The van der Waals surface area contributed by atoms with Gasteiger partial charge in [-0.05, 0) is 18.8 Å². The Balaban J connectivity index is 2.59. The third-order valence-electron chi connectivity index (χ3n) is 2.85. The number of hydrogen-bond acceptors (Lipinski definition) is 5. The molecule has 1 fully saturated rings. The standard InChI is InChI=1S/C9H18N2O5S/c1-16-9(13)11-17(14,15)10-8-5-3-2-4-7(8)6-12/h7-8,10,12H,2-6H2,1H3,(H,11,13). The lowest BCUT2D eigenvalue weighted by atomic mass is 9.86. The molecule has 0 aromatic carbocycles. The predicted octanol–water partition coefficient (Wildman–Crippen LogP) is -0.272. The number of carbonyl (C=O) groups excluding carboxylic acids is 1. The van der Waals surface area contributed by atoms with Crippen LogP contribution in [0.1, 0.15) is 25.7 Å². The van der Waals surface area contributed by atoms with Crippen molar-refractivity contribution in [3.05, 3.63) is 0 Å². The molecule has 17 heavy (non-hydrogen) atoms. The van der Waals surface area contributed by atoms with Gasteiger partial charge in [0.05, 0.1) is 7.11 Å². The summed E-state index contributed by atoms with van der Waals surface area (Å²) in [6.07, 6.45) is 2.29. The Morgan fingerprint density at radius 1 is 1.41 bits per heavy atom. The van der Waals surface area contributed by atoms with Gasteiger partial charge in [0.25, 0.3) is 0 Å². The fourth-order valence-electron chi connectivity index (χ4n) is 1.96. The van der Waals surface area contributed by atoms with Crippen LogP contribution in [0.25, 0.3) is 0 Å². The first-order valence-electron chi connectivity index (χ1n) is 5.47. The first-order valence-corrected chi connectivity index (χ1v) is 6.95. The molecule has 3 N–H and O–H groups in total. The molecule has 1 saturated carbocycles. The molecular weight excluding hydrogens is 248 g/mol. The van der Waals surface area contributed by atoms with Gasteiger partial charge < -0.3 is 9.84 Å². The van der Waals surface area contributed by atoms with E-state index in [2.05, 4.69) is 9.46 Å². The average molecular weight is 266 g/mol. The van der Waals surface area contributed by atoms with Gasteiger partial charge in [0.15, 0.2) is 0 Å². The van der Waals surface area contributed by atoms with Crippen molar-refractivity contribution in [1.82, 2.24) is 9.44 Å². The van der Waals surface area contributed by atoms with Crippen molar-refractivity contribution < 1.29 is 23.1 Å². The fourth-order valence-corrected chi connectivity index (χ4v) is 3.03. The number of aliphatic hydroxyl groups excluding tert-OH is 1. The van der Waals surface area contributed by atoms with Crippen LogP contribution in [0.3, 0.4) is 0 Å². The number of ether oxygens (including phenoxy) is 1. The van der Waals surface area contributed by atoms with Crippen LogP contribution in [0.4, 0.5) is 4.79 Å². The van der Waals surface area contributed by atoms with Gasteiger partial charge in [-0.2, -0.15) is 13.1 Å². The highest BCUT2D eigenvalue weighted by molar-refractivity contribution is 7.88. The quantitative estimate of drug-likeness (QED) is 0.649. The zero-order valence-corrected chi connectivity index (χ0v) is 10.5. The van der Waals surface area contributed by atoms with Gasteiger partial charge in [0, 0.05) is 12.6 Å². The molecule has 0 spiro atoms. The Bertz CT molecular complexity index is 356. The predicted molar refractivity (Wildman–Crippen MR) is 60.4 cm³/mol. The summed E-state index contributed by atoms with van der Waals surface area (Å²) < 4.78 is 31.3. The van der Waals surface area contributed by atoms with Crippen molar-refractivity contribution >= 4 is 16.3 Å².